The van der Waals surface area contributed by atoms with Crippen LogP contribution in [-0.2, 0) is 0 Å². The lowest BCUT2D eigenvalue weighted by atomic mass is 10.1. The number of nitrogens with zero attached hydrogens (tertiary/aromatic N) is 2. The molecule has 114 valence electrons. The van der Waals surface area contributed by atoms with Crippen molar-refractivity contribution in [2.75, 3.05) is 5.32 Å². The van der Waals surface area contributed by atoms with Crippen molar-refractivity contribution in [1.82, 2.24) is 10.2 Å². The highest BCUT2D eigenvalue weighted by Crippen LogP contribution is 2.23. The van der Waals surface area contributed by atoms with Crippen LogP contribution in [0.2, 0.25) is 0 Å². The zero-order chi connectivity index (χ0) is 16.2. The minimum Gasteiger partial charge on any atom is -0.305 e. The fraction of sp³-hybridized carbons (Fsp3) is 0.0556. The van der Waals surface area contributed by atoms with Crippen molar-refractivity contribution >= 4 is 11.7 Å². The molecule has 0 aliphatic rings. The van der Waals surface area contributed by atoms with E-state index in [4.69, 9.17) is 0 Å². The van der Waals surface area contributed by atoms with E-state index in [1.807, 2.05) is 6.07 Å². The van der Waals surface area contributed by atoms with Gasteiger partial charge in [0, 0.05) is 11.1 Å². The van der Waals surface area contributed by atoms with E-state index in [9.17, 15) is 9.18 Å². The molecular weight excluding hydrogens is 293 g/mol. The highest BCUT2D eigenvalue weighted by molar-refractivity contribution is 6.03. The maximum atomic E-state index is 13.6. The van der Waals surface area contributed by atoms with E-state index in [2.05, 4.69) is 15.5 Å². The average Bonchev–Trinajstić information content (AvgIpc) is 2.59. The van der Waals surface area contributed by atoms with Crippen LogP contribution in [0.25, 0.3) is 11.3 Å². The quantitative estimate of drug-likeness (QED) is 0.799. The summed E-state index contributed by atoms with van der Waals surface area (Å²) in [5.41, 5.74) is 2.29. The van der Waals surface area contributed by atoms with Gasteiger partial charge in [0.1, 0.15) is 5.82 Å². The second kappa shape index (κ2) is 6.36. The van der Waals surface area contributed by atoms with Gasteiger partial charge in [-0.3, -0.25) is 4.79 Å². The van der Waals surface area contributed by atoms with Crippen molar-refractivity contribution in [2.45, 2.75) is 6.92 Å². The fourth-order valence-corrected chi connectivity index (χ4v) is 2.21. The highest BCUT2D eigenvalue weighted by Gasteiger charge is 2.09. The van der Waals surface area contributed by atoms with Crippen LogP contribution in [0.4, 0.5) is 10.2 Å². The first-order valence-corrected chi connectivity index (χ1v) is 7.11. The zero-order valence-corrected chi connectivity index (χ0v) is 12.5. The molecule has 0 saturated carbocycles. The molecule has 3 rings (SSSR count). The molecule has 1 amide bonds. The first-order chi connectivity index (χ1) is 11.1. The van der Waals surface area contributed by atoms with Crippen molar-refractivity contribution in [3.8, 4) is 11.3 Å². The molecule has 2 aromatic carbocycles. The van der Waals surface area contributed by atoms with Gasteiger partial charge in [0.15, 0.2) is 5.82 Å². The summed E-state index contributed by atoms with van der Waals surface area (Å²) in [6.45, 7) is 1.69. The first-order valence-electron chi connectivity index (χ1n) is 7.11. The van der Waals surface area contributed by atoms with Crippen LogP contribution in [0.5, 0.6) is 0 Å². The molecule has 1 aromatic heterocycles. The van der Waals surface area contributed by atoms with E-state index in [0.717, 1.165) is 0 Å². The third-order valence-electron chi connectivity index (χ3n) is 3.49. The Kier molecular flexibility index (Phi) is 4.10. The smallest absolute Gasteiger partial charge is 0.256 e. The highest BCUT2D eigenvalue weighted by atomic mass is 19.1. The van der Waals surface area contributed by atoms with Crippen LogP contribution in [0.3, 0.4) is 0 Å². The average molecular weight is 307 g/mol. The number of aromatic nitrogens is 2. The number of amides is 1. The summed E-state index contributed by atoms with van der Waals surface area (Å²) in [6.07, 6.45) is 0. The normalized spacial score (nSPS) is 10.3. The van der Waals surface area contributed by atoms with Crippen molar-refractivity contribution in [3.63, 3.8) is 0 Å². The lowest BCUT2D eigenvalue weighted by Gasteiger charge is -2.07. The van der Waals surface area contributed by atoms with E-state index >= 15 is 0 Å². The number of hydrogen-bond donors (Lipinski definition) is 1. The molecular formula is C18H14FN3O. The lowest BCUT2D eigenvalue weighted by Crippen LogP contribution is -2.13. The predicted octanol–water partition coefficient (Wildman–Crippen LogP) is 3.84. The predicted molar refractivity (Wildman–Crippen MR) is 86.6 cm³/mol. The number of rotatable bonds is 3. The maximum Gasteiger partial charge on any atom is 0.256 e. The Labute approximate surface area is 133 Å². The van der Waals surface area contributed by atoms with Crippen LogP contribution in [0, 0.1) is 12.7 Å². The van der Waals surface area contributed by atoms with E-state index in [1.165, 1.54) is 6.07 Å². The molecule has 1 heterocycles. The second-order valence-corrected chi connectivity index (χ2v) is 5.04. The number of carbonyl (C=O) groups is 1. The molecule has 0 radical (unpaired) electrons. The van der Waals surface area contributed by atoms with Gasteiger partial charge in [-0.15, -0.1) is 10.2 Å². The molecule has 23 heavy (non-hydrogen) atoms. The van der Waals surface area contributed by atoms with Crippen molar-refractivity contribution in [1.29, 1.82) is 0 Å². The van der Waals surface area contributed by atoms with Gasteiger partial charge in [0.05, 0.1) is 5.69 Å². The summed E-state index contributed by atoms with van der Waals surface area (Å²) >= 11 is 0. The number of carbonyl (C=O) groups excluding carboxylic acids is 1. The van der Waals surface area contributed by atoms with E-state index in [0.29, 0.717) is 28.2 Å². The molecule has 0 aliphatic carbocycles. The maximum absolute atomic E-state index is 13.6. The molecule has 0 bridgehead atoms. The Morgan fingerprint density at radius 2 is 1.74 bits per heavy atom. The van der Waals surface area contributed by atoms with Crippen molar-refractivity contribution in [2.24, 2.45) is 0 Å². The summed E-state index contributed by atoms with van der Waals surface area (Å²) < 4.78 is 13.6. The molecule has 0 saturated heterocycles. The summed E-state index contributed by atoms with van der Waals surface area (Å²) in [7, 11) is 0. The summed E-state index contributed by atoms with van der Waals surface area (Å²) in [5.74, 6) is -0.197. The minimum absolute atomic E-state index is 0.255. The monoisotopic (exact) mass is 307 g/mol. The van der Waals surface area contributed by atoms with Crippen LogP contribution < -0.4 is 5.32 Å². The largest absolute Gasteiger partial charge is 0.305 e. The zero-order valence-electron chi connectivity index (χ0n) is 12.5. The lowest BCUT2D eigenvalue weighted by molar-refractivity contribution is 0.102. The number of benzene rings is 2. The third-order valence-corrected chi connectivity index (χ3v) is 3.49. The molecule has 3 aromatic rings. The van der Waals surface area contributed by atoms with Gasteiger partial charge >= 0.3 is 0 Å². The number of anilines is 1. The van der Waals surface area contributed by atoms with Crippen molar-refractivity contribution < 1.29 is 9.18 Å². The summed E-state index contributed by atoms with van der Waals surface area (Å²) in [5, 5.41) is 10.7. The molecule has 5 heteroatoms. The third kappa shape index (κ3) is 3.23. The summed E-state index contributed by atoms with van der Waals surface area (Å²) in [4.78, 5) is 12.0. The Morgan fingerprint density at radius 1 is 0.957 bits per heavy atom. The standard InChI is InChI=1S/C18H14FN3O/c1-12-14(8-5-9-15(12)19)16-10-11-17(22-21-16)20-18(23)13-6-3-2-4-7-13/h2-11H,1H3,(H,20,22,23). The van der Waals surface area contributed by atoms with E-state index in [-0.39, 0.29) is 11.7 Å². The first kappa shape index (κ1) is 14.8. The van der Waals surface area contributed by atoms with Gasteiger partial charge in [-0.25, -0.2) is 4.39 Å². The van der Waals surface area contributed by atoms with E-state index in [1.54, 1.807) is 55.5 Å². The fourth-order valence-electron chi connectivity index (χ4n) is 2.21. The number of nitrogens with one attached hydrogen (secondary N) is 1. The Morgan fingerprint density at radius 3 is 2.43 bits per heavy atom. The van der Waals surface area contributed by atoms with Crippen LogP contribution in [0.15, 0.2) is 60.7 Å². The molecule has 0 atom stereocenters. The molecule has 1 N–H and O–H groups in total. The Hall–Kier alpha value is -3.08. The van der Waals surface area contributed by atoms with Gasteiger partial charge in [-0.05, 0) is 42.8 Å². The van der Waals surface area contributed by atoms with Gasteiger partial charge < -0.3 is 5.32 Å². The topological polar surface area (TPSA) is 54.9 Å². The Bertz CT molecular complexity index is 833. The van der Waals surface area contributed by atoms with Gasteiger partial charge in [0.2, 0.25) is 0 Å². The summed E-state index contributed by atoms with van der Waals surface area (Å²) in [6, 6.07) is 17.0. The molecule has 0 unspecified atom stereocenters. The van der Waals surface area contributed by atoms with Gasteiger partial charge in [0.25, 0.3) is 5.91 Å². The van der Waals surface area contributed by atoms with Gasteiger partial charge in [-0.2, -0.15) is 0 Å². The minimum atomic E-state index is -0.286. The van der Waals surface area contributed by atoms with Crippen LogP contribution in [-0.4, -0.2) is 16.1 Å². The van der Waals surface area contributed by atoms with E-state index < -0.39 is 0 Å². The SMILES string of the molecule is Cc1c(F)cccc1-c1ccc(NC(=O)c2ccccc2)nn1. The number of hydrogen-bond acceptors (Lipinski definition) is 3. The van der Waals surface area contributed by atoms with Crippen LogP contribution in [0.1, 0.15) is 15.9 Å². The molecule has 0 fully saturated rings. The van der Waals surface area contributed by atoms with Crippen molar-refractivity contribution in [3.05, 3.63) is 77.6 Å². The Balaban J connectivity index is 1.80. The molecule has 0 aliphatic heterocycles. The second-order valence-electron chi connectivity index (χ2n) is 5.04. The van der Waals surface area contributed by atoms with Gasteiger partial charge in [-0.1, -0.05) is 30.3 Å². The molecule has 0 spiro atoms. The number of halogens is 1. The van der Waals surface area contributed by atoms with Crippen LogP contribution >= 0.6 is 0 Å². The molecule has 4 nitrogen and oxygen atoms in total.